The summed E-state index contributed by atoms with van der Waals surface area (Å²) in [6.07, 6.45) is 0. The van der Waals surface area contributed by atoms with Gasteiger partial charge in [-0.25, -0.2) is 13.1 Å². The van der Waals surface area contributed by atoms with Gasteiger partial charge in [0.05, 0.1) is 4.90 Å². The summed E-state index contributed by atoms with van der Waals surface area (Å²) in [4.78, 5) is 0.392. The molecule has 0 radical (unpaired) electrons. The van der Waals surface area contributed by atoms with E-state index in [2.05, 4.69) is 23.9 Å². The molecule has 0 aliphatic rings. The van der Waals surface area contributed by atoms with Gasteiger partial charge in [0.25, 0.3) is 0 Å². The van der Waals surface area contributed by atoms with E-state index in [1.54, 1.807) is 6.07 Å². The van der Waals surface area contributed by atoms with Crippen LogP contribution in [-0.4, -0.2) is 21.0 Å². The van der Waals surface area contributed by atoms with Crippen molar-refractivity contribution in [3.63, 3.8) is 0 Å². The monoisotopic (exact) mass is 312 g/mol. The van der Waals surface area contributed by atoms with Gasteiger partial charge in [0.15, 0.2) is 0 Å². The second-order valence-corrected chi connectivity index (χ2v) is 8.05. The Morgan fingerprint density at radius 3 is 2.24 bits per heavy atom. The van der Waals surface area contributed by atoms with Crippen LogP contribution in [0.5, 0.6) is 0 Å². The molecule has 1 aromatic rings. The molecular weight excluding hydrogens is 284 g/mol. The molecular formula is C16H28N2O2S. The van der Waals surface area contributed by atoms with Crippen molar-refractivity contribution in [1.82, 2.24) is 10.0 Å². The van der Waals surface area contributed by atoms with E-state index in [1.165, 1.54) is 0 Å². The summed E-state index contributed by atoms with van der Waals surface area (Å²) in [7, 11) is -3.45. The summed E-state index contributed by atoms with van der Waals surface area (Å²) < 4.78 is 27.6. The molecule has 0 atom stereocenters. The Hall–Kier alpha value is -0.910. The van der Waals surface area contributed by atoms with Crippen LogP contribution in [0.15, 0.2) is 17.0 Å². The summed E-state index contributed by atoms with van der Waals surface area (Å²) in [5.74, 6) is 0.284. The molecule has 1 rings (SSSR count). The lowest BCUT2D eigenvalue weighted by atomic mass is 10.1. The van der Waals surface area contributed by atoms with E-state index in [0.717, 1.165) is 16.7 Å². The summed E-state index contributed by atoms with van der Waals surface area (Å²) in [5, 5.41) is 3.32. The predicted molar refractivity (Wildman–Crippen MR) is 87.9 cm³/mol. The van der Waals surface area contributed by atoms with Crippen LogP contribution in [0.25, 0.3) is 0 Å². The summed E-state index contributed by atoms with van der Waals surface area (Å²) in [6, 6.07) is 4.19. The van der Waals surface area contributed by atoms with Crippen LogP contribution in [0.3, 0.4) is 0 Å². The first kappa shape index (κ1) is 18.1. The average Bonchev–Trinajstić information content (AvgIpc) is 2.37. The third-order valence-electron chi connectivity index (χ3n) is 3.37. The highest BCUT2D eigenvalue weighted by Gasteiger charge is 2.19. The number of sulfonamides is 1. The molecule has 0 spiro atoms. The molecule has 0 fully saturated rings. The molecule has 0 heterocycles. The standard InChI is InChI=1S/C16H28N2O2S/c1-11(2)9-18-21(19,20)16-8-15(10-17-12(3)4)7-13(5)14(16)6/h7-8,11-12,17-18H,9-10H2,1-6H3. The van der Waals surface area contributed by atoms with Gasteiger partial charge in [-0.15, -0.1) is 0 Å². The van der Waals surface area contributed by atoms with Gasteiger partial charge < -0.3 is 5.32 Å². The summed E-state index contributed by atoms with van der Waals surface area (Å²) in [6.45, 7) is 13.1. The first-order chi connectivity index (χ1) is 9.63. The SMILES string of the molecule is Cc1cc(CNC(C)C)cc(S(=O)(=O)NCC(C)C)c1C. The van der Waals surface area contributed by atoms with E-state index < -0.39 is 10.0 Å². The van der Waals surface area contributed by atoms with E-state index >= 15 is 0 Å². The van der Waals surface area contributed by atoms with E-state index in [-0.39, 0.29) is 5.92 Å². The highest BCUT2D eigenvalue weighted by molar-refractivity contribution is 7.89. The minimum absolute atomic E-state index is 0.284. The van der Waals surface area contributed by atoms with Crippen LogP contribution in [0.1, 0.15) is 44.4 Å². The fourth-order valence-corrected chi connectivity index (χ4v) is 3.54. The van der Waals surface area contributed by atoms with Crippen LogP contribution in [0.4, 0.5) is 0 Å². The molecule has 120 valence electrons. The minimum atomic E-state index is -3.45. The van der Waals surface area contributed by atoms with Crippen molar-refractivity contribution in [1.29, 1.82) is 0 Å². The number of rotatable bonds is 7. The molecule has 4 nitrogen and oxygen atoms in total. The number of hydrogen-bond acceptors (Lipinski definition) is 3. The number of aryl methyl sites for hydroxylation is 1. The van der Waals surface area contributed by atoms with Crippen molar-refractivity contribution in [2.24, 2.45) is 5.92 Å². The van der Waals surface area contributed by atoms with E-state index in [0.29, 0.717) is 24.0 Å². The Morgan fingerprint density at radius 2 is 1.71 bits per heavy atom. The van der Waals surface area contributed by atoms with Gasteiger partial charge in [0, 0.05) is 19.1 Å². The molecule has 0 saturated carbocycles. The van der Waals surface area contributed by atoms with Crippen LogP contribution < -0.4 is 10.0 Å². The minimum Gasteiger partial charge on any atom is -0.310 e. The zero-order chi connectivity index (χ0) is 16.2. The fraction of sp³-hybridized carbons (Fsp3) is 0.625. The Kier molecular flexibility index (Phi) is 6.38. The molecule has 0 aliphatic carbocycles. The Balaban J connectivity index is 3.10. The molecule has 0 aliphatic heterocycles. The lowest BCUT2D eigenvalue weighted by Crippen LogP contribution is -2.28. The lowest BCUT2D eigenvalue weighted by molar-refractivity contribution is 0.558. The maximum absolute atomic E-state index is 12.5. The largest absolute Gasteiger partial charge is 0.310 e. The first-order valence-electron chi connectivity index (χ1n) is 7.46. The molecule has 2 N–H and O–H groups in total. The predicted octanol–water partition coefficient (Wildman–Crippen LogP) is 2.74. The Labute approximate surface area is 129 Å². The van der Waals surface area contributed by atoms with E-state index in [4.69, 9.17) is 0 Å². The topological polar surface area (TPSA) is 58.2 Å². The van der Waals surface area contributed by atoms with Crippen molar-refractivity contribution in [2.45, 2.75) is 59.0 Å². The summed E-state index contributed by atoms with van der Waals surface area (Å²) in [5.41, 5.74) is 2.82. The molecule has 0 amide bonds. The van der Waals surface area contributed by atoms with Crippen molar-refractivity contribution < 1.29 is 8.42 Å². The molecule has 0 unspecified atom stereocenters. The third kappa shape index (κ3) is 5.41. The average molecular weight is 312 g/mol. The second-order valence-electron chi connectivity index (χ2n) is 6.32. The number of benzene rings is 1. The summed E-state index contributed by atoms with van der Waals surface area (Å²) >= 11 is 0. The van der Waals surface area contributed by atoms with Gasteiger partial charge in [-0.1, -0.05) is 33.8 Å². The molecule has 21 heavy (non-hydrogen) atoms. The Morgan fingerprint density at radius 1 is 1.10 bits per heavy atom. The Bertz CT molecular complexity index is 578. The van der Waals surface area contributed by atoms with Crippen LogP contribution in [0.2, 0.25) is 0 Å². The van der Waals surface area contributed by atoms with Gasteiger partial charge in [0.1, 0.15) is 0 Å². The molecule has 1 aromatic carbocycles. The van der Waals surface area contributed by atoms with Gasteiger partial charge in [-0.05, 0) is 42.5 Å². The number of hydrogen-bond donors (Lipinski definition) is 2. The zero-order valence-corrected chi connectivity index (χ0v) is 14.8. The van der Waals surface area contributed by atoms with Crippen LogP contribution in [0, 0.1) is 19.8 Å². The fourth-order valence-electron chi connectivity index (χ4n) is 1.96. The van der Waals surface area contributed by atoms with Gasteiger partial charge in [-0.2, -0.15) is 0 Å². The van der Waals surface area contributed by atoms with E-state index in [9.17, 15) is 8.42 Å². The molecule has 0 bridgehead atoms. The third-order valence-corrected chi connectivity index (χ3v) is 4.91. The normalized spacial score (nSPS) is 12.4. The zero-order valence-electron chi connectivity index (χ0n) is 13.9. The first-order valence-corrected chi connectivity index (χ1v) is 8.95. The maximum Gasteiger partial charge on any atom is 0.240 e. The van der Waals surface area contributed by atoms with Crippen molar-refractivity contribution in [2.75, 3.05) is 6.54 Å². The van der Waals surface area contributed by atoms with Gasteiger partial charge in [-0.3, -0.25) is 0 Å². The van der Waals surface area contributed by atoms with Crippen LogP contribution in [-0.2, 0) is 16.6 Å². The van der Waals surface area contributed by atoms with E-state index in [1.807, 2.05) is 33.8 Å². The van der Waals surface area contributed by atoms with Crippen molar-refractivity contribution >= 4 is 10.0 Å². The number of nitrogens with one attached hydrogen (secondary N) is 2. The highest BCUT2D eigenvalue weighted by atomic mass is 32.2. The van der Waals surface area contributed by atoms with Gasteiger partial charge >= 0.3 is 0 Å². The van der Waals surface area contributed by atoms with Crippen LogP contribution >= 0.6 is 0 Å². The molecule has 0 saturated heterocycles. The smallest absolute Gasteiger partial charge is 0.240 e. The van der Waals surface area contributed by atoms with Crippen molar-refractivity contribution in [3.05, 3.63) is 28.8 Å². The second kappa shape index (κ2) is 7.38. The lowest BCUT2D eigenvalue weighted by Gasteiger charge is -2.15. The highest BCUT2D eigenvalue weighted by Crippen LogP contribution is 2.21. The molecule has 0 aromatic heterocycles. The van der Waals surface area contributed by atoms with Gasteiger partial charge in [0.2, 0.25) is 10.0 Å². The van der Waals surface area contributed by atoms with Crippen molar-refractivity contribution in [3.8, 4) is 0 Å². The maximum atomic E-state index is 12.5. The molecule has 5 heteroatoms. The quantitative estimate of drug-likeness (QED) is 0.814.